The van der Waals surface area contributed by atoms with Gasteiger partial charge in [-0.1, -0.05) is 32.0 Å². The summed E-state index contributed by atoms with van der Waals surface area (Å²) in [4.78, 5) is 11.8. The number of carbonyl (C=O) groups excluding carboxylic acids is 1. The number of benzene rings is 1. The molecule has 0 aliphatic heterocycles. The monoisotopic (exact) mass is 451 g/mol. The molecule has 0 aliphatic rings. The lowest BCUT2D eigenvalue weighted by atomic mass is 9.98. The van der Waals surface area contributed by atoms with Crippen molar-refractivity contribution in [1.29, 1.82) is 0 Å². The van der Waals surface area contributed by atoms with E-state index in [9.17, 15) is 39.6 Å². The molecule has 0 bridgehead atoms. The van der Waals surface area contributed by atoms with Crippen LogP contribution < -0.4 is 5.32 Å². The number of ether oxygens (including phenoxy) is 1. The molecule has 0 unspecified atom stereocenters. The standard InChI is InChI=1S/C16H19F6NO5S/c1-9(2)11-6-4-5-10(3)13(11)23-7-12(24)28-14(15(17,18)19,16(20,21)22)8-29(25,26)27/h4-6,9,23H,7-8H2,1-3H3,(H,25,26,27). The molecule has 0 aromatic heterocycles. The highest BCUT2D eigenvalue weighted by Gasteiger charge is 2.75. The normalized spacial score (nSPS) is 13.5. The molecule has 0 aliphatic carbocycles. The molecule has 6 nitrogen and oxygen atoms in total. The fourth-order valence-corrected chi connectivity index (χ4v) is 3.43. The minimum atomic E-state index is -6.36. The Bertz CT molecular complexity index is 834. The zero-order chi connectivity index (χ0) is 22.8. The van der Waals surface area contributed by atoms with E-state index in [0.717, 1.165) is 0 Å². The van der Waals surface area contributed by atoms with Crippen LogP contribution in [0.1, 0.15) is 30.9 Å². The van der Waals surface area contributed by atoms with Crippen molar-refractivity contribution in [1.82, 2.24) is 0 Å². The van der Waals surface area contributed by atoms with E-state index >= 15 is 0 Å². The summed E-state index contributed by atoms with van der Waals surface area (Å²) in [6.07, 6.45) is -12.7. The number of esters is 1. The van der Waals surface area contributed by atoms with Crippen LogP contribution >= 0.6 is 0 Å². The highest BCUT2D eigenvalue weighted by atomic mass is 32.2. The fourth-order valence-electron chi connectivity index (χ4n) is 2.53. The third kappa shape index (κ3) is 5.98. The van der Waals surface area contributed by atoms with E-state index in [1.807, 2.05) is 0 Å². The van der Waals surface area contributed by atoms with Gasteiger partial charge in [-0.3, -0.25) is 9.35 Å². The lowest BCUT2D eigenvalue weighted by Gasteiger charge is -2.35. The van der Waals surface area contributed by atoms with Gasteiger partial charge in [0.05, 0.1) is 0 Å². The van der Waals surface area contributed by atoms with Gasteiger partial charge in [0, 0.05) is 5.69 Å². The highest BCUT2D eigenvalue weighted by molar-refractivity contribution is 7.85. The third-order valence-corrected chi connectivity index (χ3v) is 4.70. The molecule has 0 atom stereocenters. The fraction of sp³-hybridized carbons (Fsp3) is 0.562. The quantitative estimate of drug-likeness (QED) is 0.372. The predicted molar refractivity (Wildman–Crippen MR) is 91.1 cm³/mol. The summed E-state index contributed by atoms with van der Waals surface area (Å²) in [7, 11) is -5.82. The van der Waals surface area contributed by atoms with Crippen LogP contribution in [0, 0.1) is 6.92 Å². The zero-order valence-corrected chi connectivity index (χ0v) is 16.3. The molecule has 0 saturated carbocycles. The highest BCUT2D eigenvalue weighted by Crippen LogP contribution is 2.46. The van der Waals surface area contributed by atoms with E-state index in [2.05, 4.69) is 10.1 Å². The van der Waals surface area contributed by atoms with Gasteiger partial charge in [0.15, 0.2) is 0 Å². The summed E-state index contributed by atoms with van der Waals surface area (Å²) in [5.74, 6) is -5.01. The van der Waals surface area contributed by atoms with Gasteiger partial charge in [0.25, 0.3) is 10.1 Å². The summed E-state index contributed by atoms with van der Waals surface area (Å²) in [6, 6.07) is 4.94. The molecular formula is C16H19F6NO5S. The number of nitrogens with one attached hydrogen (secondary N) is 1. The molecule has 29 heavy (non-hydrogen) atoms. The molecular weight excluding hydrogens is 432 g/mol. The largest absolute Gasteiger partial charge is 0.438 e. The predicted octanol–water partition coefficient (Wildman–Crippen LogP) is 3.82. The third-order valence-electron chi connectivity index (χ3n) is 3.93. The Hall–Kier alpha value is -2.02. The van der Waals surface area contributed by atoms with Crippen LogP contribution in [0.4, 0.5) is 32.0 Å². The molecule has 13 heteroatoms. The number of hydrogen-bond acceptors (Lipinski definition) is 5. The zero-order valence-electron chi connectivity index (χ0n) is 15.5. The first-order chi connectivity index (χ1) is 12.9. The number of aryl methyl sites for hydroxylation is 1. The van der Waals surface area contributed by atoms with Crippen LogP contribution in [0.25, 0.3) is 0 Å². The van der Waals surface area contributed by atoms with Crippen molar-refractivity contribution in [2.45, 2.75) is 44.6 Å². The number of rotatable bonds is 7. The lowest BCUT2D eigenvalue weighted by molar-refractivity contribution is -0.361. The first kappa shape index (κ1) is 25.0. The summed E-state index contributed by atoms with van der Waals surface area (Å²) < 4.78 is 113. The van der Waals surface area contributed by atoms with Crippen molar-refractivity contribution >= 4 is 21.8 Å². The minimum Gasteiger partial charge on any atom is -0.437 e. The van der Waals surface area contributed by atoms with E-state index in [1.54, 1.807) is 39.0 Å². The minimum absolute atomic E-state index is 0.0857. The summed E-state index contributed by atoms with van der Waals surface area (Å²) in [5.41, 5.74) is -3.88. The van der Waals surface area contributed by atoms with Gasteiger partial charge in [-0.15, -0.1) is 0 Å². The smallest absolute Gasteiger partial charge is 0.437 e. The Morgan fingerprint density at radius 1 is 1.14 bits per heavy atom. The second-order valence-corrected chi connectivity index (χ2v) is 8.02. The first-order valence-electron chi connectivity index (χ1n) is 8.05. The lowest BCUT2D eigenvalue weighted by Crippen LogP contribution is -2.63. The number of alkyl halides is 6. The maximum Gasteiger partial charge on any atom is 0.438 e. The van der Waals surface area contributed by atoms with Gasteiger partial charge < -0.3 is 10.1 Å². The van der Waals surface area contributed by atoms with Gasteiger partial charge in [0.1, 0.15) is 12.3 Å². The molecule has 2 N–H and O–H groups in total. The van der Waals surface area contributed by atoms with Crippen molar-refractivity contribution in [2.24, 2.45) is 0 Å². The molecule has 0 radical (unpaired) electrons. The molecule has 1 aromatic rings. The SMILES string of the molecule is Cc1cccc(C(C)C)c1NCC(=O)OC(CS(=O)(=O)O)(C(F)(F)F)C(F)(F)F. The van der Waals surface area contributed by atoms with E-state index in [0.29, 0.717) is 16.8 Å². The average Bonchev–Trinajstić information content (AvgIpc) is 2.49. The van der Waals surface area contributed by atoms with Crippen LogP contribution in [-0.4, -0.2) is 49.2 Å². The number of halogens is 6. The van der Waals surface area contributed by atoms with Gasteiger partial charge in [0.2, 0.25) is 0 Å². The second-order valence-electron chi connectivity index (χ2n) is 6.57. The van der Waals surface area contributed by atoms with E-state index in [-0.39, 0.29) is 5.92 Å². The maximum atomic E-state index is 13.2. The van der Waals surface area contributed by atoms with Crippen molar-refractivity contribution in [2.75, 3.05) is 17.6 Å². The van der Waals surface area contributed by atoms with Crippen LogP contribution in [-0.2, 0) is 19.6 Å². The molecule has 0 saturated heterocycles. The molecule has 0 amide bonds. The molecule has 1 aromatic carbocycles. The summed E-state index contributed by atoms with van der Waals surface area (Å²) in [5, 5.41) is 2.43. The van der Waals surface area contributed by atoms with E-state index in [1.165, 1.54) is 0 Å². The molecule has 166 valence electrons. The Labute approximate surface area is 163 Å². The van der Waals surface area contributed by atoms with Crippen LogP contribution in [0.5, 0.6) is 0 Å². The topological polar surface area (TPSA) is 92.7 Å². The van der Waals surface area contributed by atoms with Crippen LogP contribution in [0.2, 0.25) is 0 Å². The van der Waals surface area contributed by atoms with Crippen LogP contribution in [0.3, 0.4) is 0 Å². The Kier molecular flexibility index (Phi) is 7.23. The number of hydrogen-bond donors (Lipinski definition) is 2. The average molecular weight is 451 g/mol. The van der Waals surface area contributed by atoms with Gasteiger partial charge in [-0.25, -0.2) is 0 Å². The Morgan fingerprint density at radius 3 is 2.07 bits per heavy atom. The van der Waals surface area contributed by atoms with Crippen molar-refractivity contribution in [3.05, 3.63) is 29.3 Å². The molecule has 1 rings (SSSR count). The van der Waals surface area contributed by atoms with Crippen LogP contribution in [0.15, 0.2) is 18.2 Å². The van der Waals surface area contributed by atoms with E-state index < -0.39 is 46.3 Å². The maximum absolute atomic E-state index is 13.2. The number of para-hydroxylation sites is 1. The van der Waals surface area contributed by atoms with Crippen molar-refractivity contribution in [3.63, 3.8) is 0 Å². The number of anilines is 1. The first-order valence-corrected chi connectivity index (χ1v) is 9.66. The molecule has 0 heterocycles. The van der Waals surface area contributed by atoms with Gasteiger partial charge in [-0.2, -0.15) is 34.8 Å². The summed E-state index contributed by atoms with van der Waals surface area (Å²) >= 11 is 0. The van der Waals surface area contributed by atoms with Gasteiger partial charge >= 0.3 is 23.9 Å². The number of carbonyl (C=O) groups is 1. The summed E-state index contributed by atoms with van der Waals surface area (Å²) in [6.45, 7) is 4.06. The molecule has 0 fully saturated rings. The van der Waals surface area contributed by atoms with Gasteiger partial charge in [-0.05, 0) is 24.0 Å². The van der Waals surface area contributed by atoms with Crippen molar-refractivity contribution in [3.8, 4) is 0 Å². The molecule has 0 spiro atoms. The second kappa shape index (κ2) is 8.38. The van der Waals surface area contributed by atoms with Crippen molar-refractivity contribution < 1.29 is 48.8 Å². The van der Waals surface area contributed by atoms with E-state index in [4.69, 9.17) is 4.55 Å². The Balaban J connectivity index is 3.22. The Morgan fingerprint density at radius 2 is 1.66 bits per heavy atom.